The summed E-state index contributed by atoms with van der Waals surface area (Å²) in [5.74, 6) is 1.16. The molecule has 3 aromatic rings. The van der Waals surface area contributed by atoms with Crippen LogP contribution in [0.1, 0.15) is 53.3 Å². The van der Waals surface area contributed by atoms with E-state index in [4.69, 9.17) is 4.98 Å². The molecule has 5 rings (SSSR count). The number of sulfonamides is 1. The van der Waals surface area contributed by atoms with Gasteiger partial charge in [-0.2, -0.15) is 9.78 Å². The Morgan fingerprint density at radius 1 is 1.18 bits per heavy atom. The predicted octanol–water partition coefficient (Wildman–Crippen LogP) is 2.40. The van der Waals surface area contributed by atoms with Crippen LogP contribution in [-0.2, 0) is 10.0 Å². The fourth-order valence-electron chi connectivity index (χ4n) is 4.49. The van der Waals surface area contributed by atoms with Gasteiger partial charge in [-0.05, 0) is 56.7 Å². The summed E-state index contributed by atoms with van der Waals surface area (Å²) in [6, 6.07) is 7.54. The van der Waals surface area contributed by atoms with Crippen molar-refractivity contribution in [2.24, 2.45) is 5.92 Å². The largest absolute Gasteiger partial charge is 0.352 e. The van der Waals surface area contributed by atoms with Crippen molar-refractivity contribution in [1.29, 1.82) is 0 Å². The minimum atomic E-state index is -3.16. The first-order valence-electron chi connectivity index (χ1n) is 11.4. The molecule has 1 saturated carbocycles. The van der Waals surface area contributed by atoms with Crippen molar-refractivity contribution in [2.75, 3.05) is 25.9 Å². The minimum Gasteiger partial charge on any atom is -0.352 e. The van der Waals surface area contributed by atoms with Crippen LogP contribution in [0.2, 0.25) is 0 Å². The molecule has 0 spiro atoms. The van der Waals surface area contributed by atoms with Crippen LogP contribution in [-0.4, -0.2) is 64.3 Å². The molecule has 3 aromatic heterocycles. The summed E-state index contributed by atoms with van der Waals surface area (Å²) in [6.45, 7) is 3.41. The Kier molecular flexibility index (Phi) is 5.65. The van der Waals surface area contributed by atoms with Crippen LogP contribution in [0.3, 0.4) is 0 Å². The number of rotatable bonds is 6. The number of nitrogens with one attached hydrogen (secondary N) is 1. The number of aryl methyl sites for hydroxylation is 1. The fourth-order valence-corrected chi connectivity index (χ4v) is 5.37. The molecule has 9 nitrogen and oxygen atoms in total. The van der Waals surface area contributed by atoms with Crippen LogP contribution in [0.15, 0.2) is 30.5 Å². The zero-order chi connectivity index (χ0) is 23.2. The van der Waals surface area contributed by atoms with Crippen LogP contribution in [0.5, 0.6) is 0 Å². The Hall–Kier alpha value is -2.85. The fraction of sp³-hybridized carbons (Fsp3) is 0.478. The third-order valence-corrected chi connectivity index (χ3v) is 7.84. The lowest BCUT2D eigenvalue weighted by Gasteiger charge is -2.30. The molecule has 33 heavy (non-hydrogen) atoms. The third kappa shape index (κ3) is 4.49. The molecule has 0 radical (unpaired) electrons. The van der Waals surface area contributed by atoms with E-state index in [0.29, 0.717) is 42.6 Å². The second-order valence-electron chi connectivity index (χ2n) is 9.07. The van der Waals surface area contributed by atoms with E-state index >= 15 is 0 Å². The van der Waals surface area contributed by atoms with Crippen LogP contribution >= 0.6 is 0 Å². The number of carbonyl (C=O) groups excluding carboxylic acids is 1. The predicted molar refractivity (Wildman–Crippen MR) is 125 cm³/mol. The molecule has 1 saturated heterocycles. The number of carbonyl (C=O) groups is 1. The molecule has 1 aliphatic carbocycles. The van der Waals surface area contributed by atoms with Gasteiger partial charge in [-0.25, -0.2) is 22.7 Å². The Bertz CT molecular complexity index is 1290. The van der Waals surface area contributed by atoms with Gasteiger partial charge in [-0.3, -0.25) is 4.79 Å². The number of piperidine rings is 1. The van der Waals surface area contributed by atoms with Crippen LogP contribution in [0, 0.1) is 12.8 Å². The van der Waals surface area contributed by atoms with Crippen molar-refractivity contribution in [3.8, 4) is 5.82 Å². The number of hydrogen-bond acceptors (Lipinski definition) is 6. The summed E-state index contributed by atoms with van der Waals surface area (Å²) in [5, 5.41) is 8.49. The van der Waals surface area contributed by atoms with Gasteiger partial charge in [-0.15, -0.1) is 0 Å². The highest BCUT2D eigenvalue weighted by molar-refractivity contribution is 7.88. The Morgan fingerprint density at radius 2 is 1.94 bits per heavy atom. The number of pyridine rings is 2. The minimum absolute atomic E-state index is 0.140. The SMILES string of the molecule is Cc1nn(-c2ccccn2)c2nc(C3CC3)cc(C(=O)NCC3CCN(S(C)(=O)=O)CC3)c12. The zero-order valence-electron chi connectivity index (χ0n) is 18.9. The number of amides is 1. The van der Waals surface area contributed by atoms with Gasteiger partial charge >= 0.3 is 0 Å². The first-order chi connectivity index (χ1) is 15.8. The lowest BCUT2D eigenvalue weighted by Crippen LogP contribution is -2.41. The van der Waals surface area contributed by atoms with Crippen LogP contribution in [0.25, 0.3) is 16.9 Å². The molecule has 174 valence electrons. The highest BCUT2D eigenvalue weighted by Crippen LogP contribution is 2.40. The second-order valence-corrected chi connectivity index (χ2v) is 11.1. The number of hydrogen-bond donors (Lipinski definition) is 1. The smallest absolute Gasteiger partial charge is 0.252 e. The van der Waals surface area contributed by atoms with Gasteiger partial charge < -0.3 is 5.32 Å². The Morgan fingerprint density at radius 3 is 2.58 bits per heavy atom. The van der Waals surface area contributed by atoms with E-state index < -0.39 is 10.0 Å². The molecule has 4 heterocycles. The van der Waals surface area contributed by atoms with Gasteiger partial charge in [0.2, 0.25) is 10.0 Å². The monoisotopic (exact) mass is 468 g/mol. The van der Waals surface area contributed by atoms with Gasteiger partial charge in [0.05, 0.1) is 22.9 Å². The van der Waals surface area contributed by atoms with Crippen LogP contribution in [0.4, 0.5) is 0 Å². The molecular formula is C23H28N6O3S. The molecule has 0 bridgehead atoms. The van der Waals surface area contributed by atoms with Crippen LogP contribution < -0.4 is 5.32 Å². The van der Waals surface area contributed by atoms with E-state index in [1.165, 1.54) is 10.6 Å². The molecule has 0 aromatic carbocycles. The van der Waals surface area contributed by atoms with Crippen molar-refractivity contribution in [2.45, 2.75) is 38.5 Å². The molecule has 2 aliphatic rings. The molecular weight excluding hydrogens is 440 g/mol. The van der Waals surface area contributed by atoms with Gasteiger partial charge in [0.25, 0.3) is 5.91 Å². The topological polar surface area (TPSA) is 110 Å². The first-order valence-corrected chi connectivity index (χ1v) is 13.2. The number of aromatic nitrogens is 4. The first kappa shape index (κ1) is 22.0. The van der Waals surface area contributed by atoms with E-state index in [9.17, 15) is 13.2 Å². The summed E-state index contributed by atoms with van der Waals surface area (Å²) in [5.41, 5.74) is 2.90. The maximum Gasteiger partial charge on any atom is 0.252 e. The normalized spacial score (nSPS) is 18.0. The number of nitrogens with zero attached hydrogens (tertiary/aromatic N) is 5. The third-order valence-electron chi connectivity index (χ3n) is 6.53. The van der Waals surface area contributed by atoms with E-state index in [-0.39, 0.29) is 11.8 Å². The zero-order valence-corrected chi connectivity index (χ0v) is 19.7. The average molecular weight is 469 g/mol. The molecule has 10 heteroatoms. The van der Waals surface area contributed by atoms with Crippen molar-refractivity contribution >= 4 is 27.0 Å². The van der Waals surface area contributed by atoms with E-state index in [1.54, 1.807) is 10.9 Å². The van der Waals surface area contributed by atoms with Crippen molar-refractivity contribution in [1.82, 2.24) is 29.4 Å². The van der Waals surface area contributed by atoms with E-state index in [0.717, 1.165) is 42.5 Å². The number of fused-ring (bicyclic) bond motifs is 1. The second kappa shape index (κ2) is 8.49. The summed E-state index contributed by atoms with van der Waals surface area (Å²) in [7, 11) is -3.16. The lowest BCUT2D eigenvalue weighted by molar-refractivity contribution is 0.0943. The maximum absolute atomic E-state index is 13.3. The summed E-state index contributed by atoms with van der Waals surface area (Å²) < 4.78 is 26.7. The maximum atomic E-state index is 13.3. The van der Waals surface area contributed by atoms with E-state index in [1.807, 2.05) is 31.2 Å². The highest BCUT2D eigenvalue weighted by atomic mass is 32.2. The highest BCUT2D eigenvalue weighted by Gasteiger charge is 2.30. The molecule has 1 N–H and O–H groups in total. The van der Waals surface area contributed by atoms with Crippen molar-refractivity contribution < 1.29 is 13.2 Å². The van der Waals surface area contributed by atoms with Crippen molar-refractivity contribution in [3.63, 3.8) is 0 Å². The molecule has 0 unspecified atom stereocenters. The van der Waals surface area contributed by atoms with Crippen molar-refractivity contribution in [3.05, 3.63) is 47.4 Å². The van der Waals surface area contributed by atoms with Gasteiger partial charge in [0.15, 0.2) is 11.5 Å². The molecule has 2 fully saturated rings. The Balaban J connectivity index is 1.41. The Labute approximate surface area is 193 Å². The van der Waals surface area contributed by atoms with Gasteiger partial charge in [-0.1, -0.05) is 6.07 Å². The lowest BCUT2D eigenvalue weighted by atomic mass is 9.98. The summed E-state index contributed by atoms with van der Waals surface area (Å²) in [4.78, 5) is 22.6. The molecule has 1 aliphatic heterocycles. The van der Waals surface area contributed by atoms with Gasteiger partial charge in [0.1, 0.15) is 0 Å². The summed E-state index contributed by atoms with van der Waals surface area (Å²) in [6.07, 6.45) is 6.59. The summed E-state index contributed by atoms with van der Waals surface area (Å²) >= 11 is 0. The molecule has 1 amide bonds. The molecule has 0 atom stereocenters. The average Bonchev–Trinajstić information content (AvgIpc) is 3.61. The van der Waals surface area contributed by atoms with Gasteiger partial charge in [0, 0.05) is 37.4 Å². The van der Waals surface area contributed by atoms with E-state index in [2.05, 4.69) is 15.4 Å². The standard InChI is InChI=1S/C23H28N6O3S/c1-15-21-18(23(30)25-14-16-8-11-28(12-9-16)33(2,31)32)13-19(17-6-7-17)26-22(21)29(27-15)20-5-3-4-10-24-20/h3-5,10,13,16-17H,6-9,11-12,14H2,1-2H3,(H,25,30). The quantitative estimate of drug-likeness (QED) is 0.595.